The van der Waals surface area contributed by atoms with Crippen LogP contribution in [0.2, 0.25) is 0 Å². The molecule has 11 rings (SSSR count). The van der Waals surface area contributed by atoms with Crippen molar-refractivity contribution in [3.05, 3.63) is 158 Å². The van der Waals surface area contributed by atoms with E-state index in [0.717, 1.165) is 77.3 Å². The van der Waals surface area contributed by atoms with Gasteiger partial charge in [0.05, 0.1) is 16.7 Å². The third-order valence-corrected chi connectivity index (χ3v) is 9.86. The SMILES string of the molecule is c1ccc(-c2nc(-c3ccc4oc5ccccc5c4c3)nc(-c3ccc4oc5c(-n6c7ccccc7c7ccccc76)cccc5c4c3)n2)cc1. The Bertz CT molecular complexity index is 3100. The van der Waals surface area contributed by atoms with Crippen molar-refractivity contribution >= 4 is 65.7 Å². The van der Waals surface area contributed by atoms with Gasteiger partial charge in [-0.3, -0.25) is 0 Å². The summed E-state index contributed by atoms with van der Waals surface area (Å²) in [6, 6.07) is 53.9. The lowest BCUT2D eigenvalue weighted by Crippen LogP contribution is -2.00. The van der Waals surface area contributed by atoms with Crippen LogP contribution < -0.4 is 0 Å². The Labute approximate surface area is 290 Å². The molecule has 4 heterocycles. The number of rotatable bonds is 4. The molecule has 11 aromatic rings. The summed E-state index contributed by atoms with van der Waals surface area (Å²) < 4.78 is 15.1. The molecule has 6 heteroatoms. The van der Waals surface area contributed by atoms with E-state index in [2.05, 4.69) is 89.5 Å². The summed E-state index contributed by atoms with van der Waals surface area (Å²) in [5.74, 6) is 1.79. The highest BCUT2D eigenvalue weighted by Gasteiger charge is 2.19. The second kappa shape index (κ2) is 10.7. The molecular weight excluding hydrogens is 629 g/mol. The van der Waals surface area contributed by atoms with Gasteiger partial charge in [0.25, 0.3) is 0 Å². The number of benzene rings is 7. The monoisotopic (exact) mass is 654 g/mol. The van der Waals surface area contributed by atoms with Crippen molar-refractivity contribution in [3.8, 4) is 39.9 Å². The zero-order valence-electron chi connectivity index (χ0n) is 27.1. The average Bonchev–Trinajstić information content (AvgIpc) is 3.87. The van der Waals surface area contributed by atoms with Gasteiger partial charge in [-0.15, -0.1) is 0 Å². The fourth-order valence-electron chi connectivity index (χ4n) is 7.50. The number of aromatic nitrogens is 4. The Kier molecular flexibility index (Phi) is 5.86. The number of hydrogen-bond acceptors (Lipinski definition) is 5. The van der Waals surface area contributed by atoms with Crippen molar-refractivity contribution in [3.63, 3.8) is 0 Å². The van der Waals surface area contributed by atoms with Crippen molar-refractivity contribution in [2.45, 2.75) is 0 Å². The molecule has 6 nitrogen and oxygen atoms in total. The lowest BCUT2D eigenvalue weighted by atomic mass is 10.1. The highest BCUT2D eigenvalue weighted by atomic mass is 16.3. The van der Waals surface area contributed by atoms with E-state index in [1.165, 1.54) is 10.8 Å². The molecule has 0 amide bonds. The molecule has 0 spiro atoms. The molecule has 0 unspecified atom stereocenters. The molecule has 0 aliphatic heterocycles. The summed E-state index contributed by atoms with van der Waals surface area (Å²) in [5, 5.41) is 6.54. The van der Waals surface area contributed by atoms with E-state index in [1.54, 1.807) is 0 Å². The first kappa shape index (κ1) is 27.9. The predicted octanol–water partition coefficient (Wildman–Crippen LogP) is 11.8. The van der Waals surface area contributed by atoms with Gasteiger partial charge in [-0.1, -0.05) is 97.1 Å². The molecule has 51 heavy (non-hydrogen) atoms. The van der Waals surface area contributed by atoms with E-state index < -0.39 is 0 Å². The highest BCUT2D eigenvalue weighted by Crippen LogP contribution is 2.39. The van der Waals surface area contributed by atoms with E-state index in [0.29, 0.717) is 17.5 Å². The lowest BCUT2D eigenvalue weighted by molar-refractivity contribution is 0.666. The normalized spacial score (nSPS) is 11.9. The fraction of sp³-hybridized carbons (Fsp3) is 0. The van der Waals surface area contributed by atoms with Crippen LogP contribution in [0.4, 0.5) is 0 Å². The minimum atomic E-state index is 0.589. The van der Waals surface area contributed by atoms with Crippen LogP contribution in [0.15, 0.2) is 167 Å². The Morgan fingerprint density at radius 3 is 1.55 bits per heavy atom. The molecule has 0 atom stereocenters. The van der Waals surface area contributed by atoms with Gasteiger partial charge < -0.3 is 13.4 Å². The van der Waals surface area contributed by atoms with Crippen molar-refractivity contribution < 1.29 is 8.83 Å². The average molecular weight is 655 g/mol. The lowest BCUT2D eigenvalue weighted by Gasteiger charge is -2.09. The standard InChI is InChI=1S/C45H26N4O2/c1-2-11-27(12-3-1)43-46-44(28-21-23-40-34(25-28)32-15-6-9-20-39(32)50-40)48-45(47-43)29-22-24-41-35(26-29)33-16-10-19-38(42(33)51-41)49-36-17-7-4-13-30(36)31-14-5-8-18-37(31)49/h1-26H. The molecule has 0 saturated heterocycles. The molecule has 7 aromatic carbocycles. The molecule has 0 radical (unpaired) electrons. The van der Waals surface area contributed by atoms with E-state index in [-0.39, 0.29) is 0 Å². The van der Waals surface area contributed by atoms with Crippen molar-refractivity contribution in [2.24, 2.45) is 0 Å². The maximum atomic E-state index is 6.67. The van der Waals surface area contributed by atoms with Crippen molar-refractivity contribution in [1.29, 1.82) is 0 Å². The second-order valence-electron chi connectivity index (χ2n) is 12.8. The molecule has 0 fully saturated rings. The van der Waals surface area contributed by atoms with Crippen molar-refractivity contribution in [2.75, 3.05) is 0 Å². The Balaban J connectivity index is 1.10. The van der Waals surface area contributed by atoms with Gasteiger partial charge in [0.1, 0.15) is 16.7 Å². The topological polar surface area (TPSA) is 69.9 Å². The quantitative estimate of drug-likeness (QED) is 0.189. The Morgan fingerprint density at radius 1 is 0.353 bits per heavy atom. The summed E-state index contributed by atoms with van der Waals surface area (Å²) in [5.41, 5.74) is 9.28. The van der Waals surface area contributed by atoms with Crippen LogP contribution in [0.1, 0.15) is 0 Å². The van der Waals surface area contributed by atoms with Crippen molar-refractivity contribution in [1.82, 2.24) is 19.5 Å². The van der Waals surface area contributed by atoms with E-state index in [9.17, 15) is 0 Å². The zero-order valence-corrected chi connectivity index (χ0v) is 27.1. The van der Waals surface area contributed by atoms with E-state index in [4.69, 9.17) is 23.8 Å². The summed E-state index contributed by atoms with van der Waals surface area (Å²) in [7, 11) is 0. The number of fused-ring (bicyclic) bond motifs is 9. The van der Waals surface area contributed by atoms with Crippen LogP contribution in [-0.4, -0.2) is 19.5 Å². The largest absolute Gasteiger partial charge is 0.456 e. The van der Waals surface area contributed by atoms with Gasteiger partial charge in [-0.05, 0) is 60.7 Å². The number of furan rings is 2. The maximum Gasteiger partial charge on any atom is 0.164 e. The van der Waals surface area contributed by atoms with Crippen LogP contribution in [-0.2, 0) is 0 Å². The first-order valence-electron chi connectivity index (χ1n) is 16.9. The number of hydrogen-bond donors (Lipinski definition) is 0. The zero-order chi connectivity index (χ0) is 33.5. The summed E-state index contributed by atoms with van der Waals surface area (Å²) in [6.07, 6.45) is 0. The Morgan fingerprint density at radius 2 is 0.863 bits per heavy atom. The van der Waals surface area contributed by atoms with Crippen LogP contribution in [0, 0.1) is 0 Å². The molecule has 4 aromatic heterocycles. The van der Waals surface area contributed by atoms with Gasteiger partial charge in [-0.25, -0.2) is 15.0 Å². The Hall–Kier alpha value is -7.05. The minimum absolute atomic E-state index is 0.589. The predicted molar refractivity (Wildman–Crippen MR) is 205 cm³/mol. The highest BCUT2D eigenvalue weighted by molar-refractivity contribution is 6.13. The van der Waals surface area contributed by atoms with Gasteiger partial charge in [-0.2, -0.15) is 0 Å². The molecule has 238 valence electrons. The minimum Gasteiger partial charge on any atom is -0.456 e. The van der Waals surface area contributed by atoms with Crippen LogP contribution >= 0.6 is 0 Å². The van der Waals surface area contributed by atoms with E-state index >= 15 is 0 Å². The van der Waals surface area contributed by atoms with Gasteiger partial charge in [0.15, 0.2) is 23.1 Å². The third kappa shape index (κ3) is 4.26. The summed E-state index contributed by atoms with van der Waals surface area (Å²) >= 11 is 0. The molecule has 0 aliphatic carbocycles. The van der Waals surface area contributed by atoms with Gasteiger partial charge >= 0.3 is 0 Å². The first-order chi connectivity index (χ1) is 25.3. The van der Waals surface area contributed by atoms with Crippen LogP contribution in [0.3, 0.4) is 0 Å². The second-order valence-corrected chi connectivity index (χ2v) is 12.8. The summed E-state index contributed by atoms with van der Waals surface area (Å²) in [6.45, 7) is 0. The van der Waals surface area contributed by atoms with E-state index in [1.807, 2.05) is 72.8 Å². The maximum absolute atomic E-state index is 6.67. The first-order valence-corrected chi connectivity index (χ1v) is 16.9. The third-order valence-electron chi connectivity index (χ3n) is 9.86. The molecular formula is C45H26N4O2. The fourth-order valence-corrected chi connectivity index (χ4v) is 7.50. The van der Waals surface area contributed by atoms with Crippen LogP contribution in [0.5, 0.6) is 0 Å². The molecule has 0 aliphatic rings. The molecule has 0 N–H and O–H groups in total. The summed E-state index contributed by atoms with van der Waals surface area (Å²) in [4.78, 5) is 15.1. The number of nitrogens with zero attached hydrogens (tertiary/aromatic N) is 4. The van der Waals surface area contributed by atoms with Gasteiger partial charge in [0, 0.05) is 49.0 Å². The number of para-hydroxylation sites is 4. The smallest absolute Gasteiger partial charge is 0.164 e. The van der Waals surface area contributed by atoms with Gasteiger partial charge in [0.2, 0.25) is 0 Å². The van der Waals surface area contributed by atoms with Crippen LogP contribution in [0.25, 0.3) is 106 Å². The molecule has 0 bridgehead atoms. The molecule has 0 saturated carbocycles.